The molecule has 176 valence electrons. The highest BCUT2D eigenvalue weighted by Crippen LogP contribution is 2.36. The second-order valence-corrected chi connectivity index (χ2v) is 8.10. The van der Waals surface area contributed by atoms with E-state index in [1.54, 1.807) is 0 Å². The maximum Gasteiger partial charge on any atom is 0.360 e. The molecule has 1 N–H and O–H groups in total. The smallest absolute Gasteiger partial charge is 0.360 e. The summed E-state index contributed by atoms with van der Waals surface area (Å²) < 4.78 is 18.5. The molecule has 0 spiro atoms. The van der Waals surface area contributed by atoms with Gasteiger partial charge in [-0.3, -0.25) is 9.47 Å². The van der Waals surface area contributed by atoms with E-state index in [0.717, 1.165) is 28.9 Å². The lowest BCUT2D eigenvalue weighted by atomic mass is 10.0. The third-order valence-corrected chi connectivity index (χ3v) is 5.82. The fraction of sp³-hybridized carbons (Fsp3) is 0.143. The van der Waals surface area contributed by atoms with Gasteiger partial charge >= 0.3 is 5.97 Å². The number of rotatable bonds is 6. The van der Waals surface area contributed by atoms with Crippen LogP contribution < -0.4 is 20.3 Å². The van der Waals surface area contributed by atoms with Gasteiger partial charge in [0.15, 0.2) is 11.4 Å². The van der Waals surface area contributed by atoms with E-state index in [1.165, 1.54) is 24.0 Å². The van der Waals surface area contributed by atoms with Gasteiger partial charge in [-0.25, -0.2) is 4.79 Å². The van der Waals surface area contributed by atoms with Gasteiger partial charge in [0.2, 0.25) is 5.43 Å². The Labute approximate surface area is 202 Å². The molecule has 0 bridgehead atoms. The summed E-state index contributed by atoms with van der Waals surface area (Å²) in [5.74, 6) is 0.719. The predicted octanol–water partition coefficient (Wildman–Crippen LogP) is 4.66. The molecular weight excluding hydrogens is 444 g/mol. The summed E-state index contributed by atoms with van der Waals surface area (Å²) >= 11 is 0. The highest BCUT2D eigenvalue weighted by molar-refractivity contribution is 5.90. The first kappa shape index (κ1) is 22.3. The number of pyridine rings is 1. The summed E-state index contributed by atoms with van der Waals surface area (Å²) in [5.41, 5.74) is 5.69. The number of fused-ring (bicyclic) bond motifs is 2. The molecule has 0 saturated heterocycles. The largest absolute Gasteiger partial charge is 0.482 e. The van der Waals surface area contributed by atoms with Crippen molar-refractivity contribution in [1.29, 1.82) is 0 Å². The monoisotopic (exact) mass is 468 g/mol. The number of ether oxygens (including phenoxy) is 3. The van der Waals surface area contributed by atoms with E-state index >= 15 is 0 Å². The standard InChI is InChI=1S/C28H24N2O5/c1-33-28(32)26-27(34-18-19-9-3-2-4-10-19)23(31)15-16-30(26)29-22-17-20-11-5-7-13-24(20)35-25-14-8-6-12-21(22)25/h2-10,12-17,22,29H,11,18H2,1H3. The second-order valence-electron chi connectivity index (χ2n) is 8.10. The Morgan fingerprint density at radius 1 is 1.11 bits per heavy atom. The first-order valence-electron chi connectivity index (χ1n) is 11.3. The molecule has 2 heterocycles. The van der Waals surface area contributed by atoms with Crippen LogP contribution in [0, 0.1) is 0 Å². The van der Waals surface area contributed by atoms with E-state index in [4.69, 9.17) is 14.2 Å². The average Bonchev–Trinajstić information content (AvgIpc) is 3.05. The third kappa shape index (κ3) is 4.61. The molecule has 3 aromatic rings. The zero-order valence-electron chi connectivity index (χ0n) is 19.1. The molecule has 0 radical (unpaired) electrons. The van der Waals surface area contributed by atoms with Crippen LogP contribution in [-0.2, 0) is 11.3 Å². The highest BCUT2D eigenvalue weighted by Gasteiger charge is 2.26. The summed E-state index contributed by atoms with van der Waals surface area (Å²) in [7, 11) is 1.27. The SMILES string of the molecule is COC(=O)c1c(OCc2ccccc2)c(=O)ccn1NC1C=C2CC=CC=C2Oc2ccccc21. The number of methoxy groups -OCH3 is 1. The van der Waals surface area contributed by atoms with Gasteiger partial charge in [-0.2, -0.15) is 0 Å². The summed E-state index contributed by atoms with van der Waals surface area (Å²) in [5, 5.41) is 0. The number of carbonyl (C=O) groups is 1. The average molecular weight is 469 g/mol. The van der Waals surface area contributed by atoms with Crippen LogP contribution in [-0.4, -0.2) is 17.8 Å². The summed E-state index contributed by atoms with van der Waals surface area (Å²) in [4.78, 5) is 25.6. The van der Waals surface area contributed by atoms with Crippen LogP contribution in [0.15, 0.2) is 107 Å². The number of hydrogen-bond donors (Lipinski definition) is 1. The number of aromatic nitrogens is 1. The van der Waals surface area contributed by atoms with E-state index < -0.39 is 11.4 Å². The Morgan fingerprint density at radius 2 is 1.91 bits per heavy atom. The zero-order chi connectivity index (χ0) is 24.2. The number of allylic oxidation sites excluding steroid dienone is 4. The number of para-hydroxylation sites is 1. The van der Waals surface area contributed by atoms with Crippen molar-refractivity contribution in [1.82, 2.24) is 4.68 Å². The molecule has 7 heteroatoms. The van der Waals surface area contributed by atoms with Gasteiger partial charge in [-0.1, -0.05) is 60.7 Å². The first-order chi connectivity index (χ1) is 17.1. The molecule has 1 aliphatic heterocycles. The van der Waals surface area contributed by atoms with Crippen molar-refractivity contribution in [3.63, 3.8) is 0 Å². The molecule has 5 rings (SSSR count). The third-order valence-electron chi connectivity index (χ3n) is 5.82. The van der Waals surface area contributed by atoms with Gasteiger partial charge in [-0.05, 0) is 35.8 Å². The van der Waals surface area contributed by atoms with E-state index in [0.29, 0.717) is 5.75 Å². The lowest BCUT2D eigenvalue weighted by molar-refractivity contribution is 0.0582. The number of nitrogens with one attached hydrogen (secondary N) is 1. The van der Waals surface area contributed by atoms with Gasteiger partial charge in [0.1, 0.15) is 18.1 Å². The maximum atomic E-state index is 12.8. The molecule has 2 aliphatic rings. The van der Waals surface area contributed by atoms with Crippen molar-refractivity contribution >= 4 is 5.97 Å². The Morgan fingerprint density at radius 3 is 2.74 bits per heavy atom. The van der Waals surface area contributed by atoms with Crippen molar-refractivity contribution in [2.24, 2.45) is 0 Å². The maximum absolute atomic E-state index is 12.8. The number of benzene rings is 2. The molecule has 1 unspecified atom stereocenters. The van der Waals surface area contributed by atoms with Gasteiger partial charge in [0.05, 0.1) is 13.2 Å². The Balaban J connectivity index is 1.55. The second kappa shape index (κ2) is 9.77. The summed E-state index contributed by atoms with van der Waals surface area (Å²) in [6, 6.07) is 18.1. The summed E-state index contributed by atoms with van der Waals surface area (Å²) in [6.07, 6.45) is 10.2. The van der Waals surface area contributed by atoms with E-state index in [2.05, 4.69) is 17.6 Å². The number of hydrogen-bond acceptors (Lipinski definition) is 6. The lowest BCUT2D eigenvalue weighted by Gasteiger charge is -2.23. The fourth-order valence-corrected chi connectivity index (χ4v) is 4.09. The Hall–Kier alpha value is -4.52. The molecule has 2 aromatic carbocycles. The summed E-state index contributed by atoms with van der Waals surface area (Å²) in [6.45, 7) is 0.134. The van der Waals surface area contributed by atoms with Crippen LogP contribution in [0.5, 0.6) is 11.5 Å². The molecule has 0 fully saturated rings. The normalized spacial score (nSPS) is 16.0. The van der Waals surface area contributed by atoms with Crippen LogP contribution >= 0.6 is 0 Å². The molecular formula is C28H24N2O5. The van der Waals surface area contributed by atoms with Crippen LogP contribution in [0.4, 0.5) is 0 Å². The van der Waals surface area contributed by atoms with Crippen molar-refractivity contribution in [2.75, 3.05) is 12.5 Å². The quantitative estimate of drug-likeness (QED) is 0.530. The van der Waals surface area contributed by atoms with Crippen LogP contribution in [0.3, 0.4) is 0 Å². The van der Waals surface area contributed by atoms with Gasteiger partial charge in [0, 0.05) is 17.8 Å². The Bertz CT molecular complexity index is 1400. The Kier molecular flexibility index (Phi) is 6.22. The van der Waals surface area contributed by atoms with Crippen molar-refractivity contribution in [3.8, 4) is 11.5 Å². The molecule has 0 saturated carbocycles. The van der Waals surface area contributed by atoms with E-state index in [-0.39, 0.29) is 24.1 Å². The van der Waals surface area contributed by atoms with Crippen molar-refractivity contribution in [2.45, 2.75) is 19.1 Å². The number of nitrogens with zero attached hydrogens (tertiary/aromatic N) is 1. The number of carbonyl (C=O) groups excluding carboxylic acids is 1. The molecule has 7 nitrogen and oxygen atoms in total. The molecule has 1 atom stereocenters. The van der Waals surface area contributed by atoms with Crippen LogP contribution in [0.2, 0.25) is 0 Å². The van der Waals surface area contributed by atoms with Crippen LogP contribution in [0.1, 0.15) is 34.1 Å². The first-order valence-corrected chi connectivity index (χ1v) is 11.3. The predicted molar refractivity (Wildman–Crippen MR) is 132 cm³/mol. The fourth-order valence-electron chi connectivity index (χ4n) is 4.09. The topological polar surface area (TPSA) is 78.8 Å². The van der Waals surface area contributed by atoms with E-state index in [9.17, 15) is 9.59 Å². The minimum Gasteiger partial charge on any atom is -0.482 e. The molecule has 0 amide bonds. The number of esters is 1. The highest BCUT2D eigenvalue weighted by atomic mass is 16.5. The van der Waals surface area contributed by atoms with Crippen LogP contribution in [0.25, 0.3) is 0 Å². The van der Waals surface area contributed by atoms with E-state index in [1.807, 2.05) is 66.7 Å². The minimum absolute atomic E-state index is 0.0173. The minimum atomic E-state index is -0.690. The van der Waals surface area contributed by atoms with Gasteiger partial charge < -0.3 is 19.6 Å². The van der Waals surface area contributed by atoms with Crippen molar-refractivity contribution in [3.05, 3.63) is 130 Å². The zero-order valence-corrected chi connectivity index (χ0v) is 19.1. The lowest BCUT2D eigenvalue weighted by Crippen LogP contribution is -2.29. The van der Waals surface area contributed by atoms with Gasteiger partial charge in [0.25, 0.3) is 0 Å². The molecule has 1 aromatic heterocycles. The molecule has 35 heavy (non-hydrogen) atoms. The van der Waals surface area contributed by atoms with Crippen molar-refractivity contribution < 1.29 is 19.0 Å². The molecule has 1 aliphatic carbocycles. The van der Waals surface area contributed by atoms with Gasteiger partial charge in [-0.15, -0.1) is 0 Å².